The Labute approximate surface area is 189 Å². The van der Waals surface area contributed by atoms with Crippen LogP contribution in [0.3, 0.4) is 0 Å². The third kappa shape index (κ3) is 5.14. The summed E-state index contributed by atoms with van der Waals surface area (Å²) in [6, 6.07) is 7.66. The highest BCUT2D eigenvalue weighted by molar-refractivity contribution is 7.47. The molecule has 0 spiro atoms. The first-order valence-corrected chi connectivity index (χ1v) is 10.6. The molecule has 1 unspecified atom stereocenters. The molecule has 1 aliphatic heterocycles. The van der Waals surface area contributed by atoms with Crippen molar-refractivity contribution < 1.29 is 18.7 Å². The highest BCUT2D eigenvalue weighted by Gasteiger charge is 2.17. The second-order valence-corrected chi connectivity index (χ2v) is 7.65. The lowest BCUT2D eigenvalue weighted by Crippen LogP contribution is -2.35. The Morgan fingerprint density at radius 1 is 1.34 bits per heavy atom. The molecule has 1 amide bonds. The van der Waals surface area contributed by atoms with E-state index < -0.39 is 5.82 Å². The molecular formula is C22H22FN5O3S. The van der Waals surface area contributed by atoms with Gasteiger partial charge in [-0.25, -0.2) is 14.4 Å². The second-order valence-electron chi connectivity index (χ2n) is 7.46. The van der Waals surface area contributed by atoms with Gasteiger partial charge in [0.2, 0.25) is 0 Å². The molecule has 0 saturated carbocycles. The van der Waals surface area contributed by atoms with Crippen LogP contribution in [-0.2, 0) is 22.0 Å². The predicted octanol–water partition coefficient (Wildman–Crippen LogP) is 3.86. The van der Waals surface area contributed by atoms with E-state index in [1.807, 2.05) is 13.0 Å². The molecule has 0 radical (unpaired) electrons. The topological polar surface area (TPSA) is 97.7 Å². The van der Waals surface area contributed by atoms with Crippen LogP contribution in [-0.4, -0.2) is 41.7 Å². The van der Waals surface area contributed by atoms with Crippen LogP contribution in [0.1, 0.15) is 18.4 Å². The van der Waals surface area contributed by atoms with Gasteiger partial charge in [-0.05, 0) is 49.6 Å². The zero-order valence-corrected chi connectivity index (χ0v) is 18.2. The molecule has 1 fully saturated rings. The van der Waals surface area contributed by atoms with Crippen molar-refractivity contribution in [3.05, 3.63) is 48.0 Å². The molecule has 32 heavy (non-hydrogen) atoms. The minimum atomic E-state index is -0.481. The summed E-state index contributed by atoms with van der Waals surface area (Å²) in [5.41, 5.74) is 2.65. The fourth-order valence-corrected chi connectivity index (χ4v) is 3.70. The SMILES string of the molecule is Cc1cc(N=S)cc2ncnc(Nc3ccc(F)cc3OCC(=O)NCC3CCCO3)c12. The number of carbonyl (C=O) groups is 1. The highest BCUT2D eigenvalue weighted by atomic mass is 32.1. The van der Waals surface area contributed by atoms with Gasteiger partial charge in [0.05, 0.1) is 23.0 Å². The molecule has 1 atom stereocenters. The van der Waals surface area contributed by atoms with Gasteiger partial charge in [-0.15, -0.1) is 0 Å². The number of carbonyl (C=O) groups excluding carboxylic acids is 1. The maximum Gasteiger partial charge on any atom is 0.258 e. The first kappa shape index (κ1) is 22.0. The van der Waals surface area contributed by atoms with Crippen molar-refractivity contribution in [2.75, 3.05) is 25.1 Å². The normalized spacial score (nSPS) is 15.5. The van der Waals surface area contributed by atoms with Crippen LogP contribution in [0.15, 0.2) is 41.0 Å². The van der Waals surface area contributed by atoms with E-state index in [2.05, 4.69) is 25.0 Å². The van der Waals surface area contributed by atoms with Gasteiger partial charge in [-0.2, -0.15) is 4.36 Å². The third-order valence-electron chi connectivity index (χ3n) is 5.13. The average Bonchev–Trinajstić information content (AvgIpc) is 3.31. The first-order chi connectivity index (χ1) is 15.5. The Bertz CT molecular complexity index is 1150. The number of aryl methyl sites for hydroxylation is 1. The third-order valence-corrected chi connectivity index (χ3v) is 5.34. The molecule has 10 heteroatoms. The smallest absolute Gasteiger partial charge is 0.258 e. The number of halogens is 1. The zero-order chi connectivity index (χ0) is 22.5. The molecular weight excluding hydrogens is 433 g/mol. The van der Waals surface area contributed by atoms with E-state index in [9.17, 15) is 9.18 Å². The van der Waals surface area contributed by atoms with Gasteiger partial charge < -0.3 is 20.1 Å². The summed E-state index contributed by atoms with van der Waals surface area (Å²) in [6.45, 7) is 2.80. The van der Waals surface area contributed by atoms with Crippen molar-refractivity contribution in [3.8, 4) is 5.75 Å². The van der Waals surface area contributed by atoms with Gasteiger partial charge in [-0.1, -0.05) is 0 Å². The molecule has 2 heterocycles. The molecule has 1 saturated heterocycles. The molecule has 166 valence electrons. The fraction of sp³-hybridized carbons (Fsp3) is 0.318. The number of amides is 1. The lowest BCUT2D eigenvalue weighted by molar-refractivity contribution is -0.123. The Morgan fingerprint density at radius 2 is 2.22 bits per heavy atom. The molecule has 8 nitrogen and oxygen atoms in total. The van der Waals surface area contributed by atoms with Crippen molar-refractivity contribution in [2.45, 2.75) is 25.9 Å². The molecule has 0 aliphatic carbocycles. The van der Waals surface area contributed by atoms with Gasteiger partial charge in [0, 0.05) is 37.0 Å². The van der Waals surface area contributed by atoms with Crippen LogP contribution in [0.5, 0.6) is 5.75 Å². The molecule has 2 aromatic carbocycles. The number of nitrogens with zero attached hydrogens (tertiary/aromatic N) is 3. The number of fused-ring (bicyclic) bond motifs is 1. The van der Waals surface area contributed by atoms with Crippen LogP contribution in [0, 0.1) is 12.7 Å². The maximum absolute atomic E-state index is 13.9. The van der Waals surface area contributed by atoms with Crippen molar-refractivity contribution in [1.82, 2.24) is 15.3 Å². The number of hydrogen-bond acceptors (Lipinski definition) is 8. The predicted molar refractivity (Wildman–Crippen MR) is 121 cm³/mol. The van der Waals surface area contributed by atoms with E-state index in [0.717, 1.165) is 30.4 Å². The van der Waals surface area contributed by atoms with Gasteiger partial charge >= 0.3 is 0 Å². The Morgan fingerprint density at radius 3 is 3.00 bits per heavy atom. The summed E-state index contributed by atoms with van der Waals surface area (Å²) in [5.74, 6) is -0.0773. The minimum absolute atomic E-state index is 0.0358. The van der Waals surface area contributed by atoms with E-state index in [1.54, 1.807) is 6.07 Å². The Balaban J connectivity index is 1.51. The van der Waals surface area contributed by atoms with E-state index in [0.29, 0.717) is 29.3 Å². The summed E-state index contributed by atoms with van der Waals surface area (Å²) in [5, 5.41) is 6.73. The number of anilines is 2. The standard InChI is InChI=1S/C22H22FN5O3S/c1-13-7-15(28-32)9-18-21(13)22(26-12-25-18)27-17-5-4-14(23)8-19(17)31-11-20(29)24-10-16-3-2-6-30-16/h4-5,7-9,12,16H,2-3,6,10-11H2,1H3,(H,24,29)(H,25,26,27). The summed E-state index contributed by atoms with van der Waals surface area (Å²) >= 11 is 4.78. The van der Waals surface area contributed by atoms with Crippen LogP contribution in [0.25, 0.3) is 10.9 Å². The number of hydrogen-bond donors (Lipinski definition) is 2. The number of aromatic nitrogens is 2. The maximum atomic E-state index is 13.9. The van der Waals surface area contributed by atoms with Gasteiger partial charge in [0.15, 0.2) is 6.61 Å². The van der Waals surface area contributed by atoms with Crippen molar-refractivity contribution in [1.29, 1.82) is 0 Å². The summed E-state index contributed by atoms with van der Waals surface area (Å²) in [6.07, 6.45) is 3.37. The Hall–Kier alpha value is -3.24. The Kier molecular flexibility index (Phi) is 6.81. The number of benzene rings is 2. The lowest BCUT2D eigenvalue weighted by atomic mass is 10.1. The van der Waals surface area contributed by atoms with E-state index in [-0.39, 0.29) is 24.4 Å². The fourth-order valence-electron chi connectivity index (χ4n) is 3.59. The lowest BCUT2D eigenvalue weighted by Gasteiger charge is -2.15. The van der Waals surface area contributed by atoms with E-state index in [4.69, 9.17) is 21.9 Å². The van der Waals surface area contributed by atoms with Crippen molar-refractivity contribution in [2.24, 2.45) is 4.36 Å². The van der Waals surface area contributed by atoms with Crippen molar-refractivity contribution >= 4 is 46.4 Å². The summed E-state index contributed by atoms with van der Waals surface area (Å²) < 4.78 is 28.8. The zero-order valence-electron chi connectivity index (χ0n) is 17.4. The quantitative estimate of drug-likeness (QED) is 0.532. The van der Waals surface area contributed by atoms with E-state index >= 15 is 0 Å². The van der Waals surface area contributed by atoms with Crippen LogP contribution >= 0.6 is 0 Å². The van der Waals surface area contributed by atoms with Gasteiger partial charge in [0.1, 0.15) is 23.7 Å². The minimum Gasteiger partial charge on any atom is -0.481 e. The van der Waals surface area contributed by atoms with E-state index in [1.165, 1.54) is 24.5 Å². The number of nitrogens with one attached hydrogen (secondary N) is 2. The van der Waals surface area contributed by atoms with Gasteiger partial charge in [-0.3, -0.25) is 4.79 Å². The highest BCUT2D eigenvalue weighted by Crippen LogP contribution is 2.33. The van der Waals surface area contributed by atoms with Crippen LogP contribution in [0.4, 0.5) is 21.6 Å². The summed E-state index contributed by atoms with van der Waals surface area (Å²) in [7, 11) is 0. The molecule has 1 aliphatic rings. The summed E-state index contributed by atoms with van der Waals surface area (Å²) in [4.78, 5) is 20.8. The molecule has 4 rings (SSSR count). The number of ether oxygens (including phenoxy) is 2. The molecule has 2 N–H and O–H groups in total. The first-order valence-electron chi connectivity index (χ1n) is 10.2. The van der Waals surface area contributed by atoms with Crippen LogP contribution in [0.2, 0.25) is 0 Å². The molecule has 1 aromatic heterocycles. The number of rotatable bonds is 8. The van der Waals surface area contributed by atoms with Gasteiger partial charge in [0.25, 0.3) is 5.91 Å². The molecule has 3 aromatic rings. The van der Waals surface area contributed by atoms with Crippen LogP contribution < -0.4 is 15.4 Å². The van der Waals surface area contributed by atoms with Crippen molar-refractivity contribution in [3.63, 3.8) is 0 Å². The molecule has 0 bridgehead atoms. The average molecular weight is 456 g/mol. The monoisotopic (exact) mass is 455 g/mol. The second kappa shape index (κ2) is 9.92. The largest absolute Gasteiger partial charge is 0.481 e.